The Labute approximate surface area is 179 Å². The van der Waals surface area contributed by atoms with Crippen LogP contribution in [0.1, 0.15) is 38.8 Å². The van der Waals surface area contributed by atoms with Crippen LogP contribution in [0.3, 0.4) is 0 Å². The van der Waals surface area contributed by atoms with E-state index in [0.29, 0.717) is 12.3 Å². The predicted octanol–water partition coefficient (Wildman–Crippen LogP) is 3.58. The fraction of sp³-hybridized carbons (Fsp3) is 0.417. The van der Waals surface area contributed by atoms with Crippen LogP contribution >= 0.6 is 0 Å². The van der Waals surface area contributed by atoms with Crippen molar-refractivity contribution >= 4 is 11.8 Å². The van der Waals surface area contributed by atoms with Crippen molar-refractivity contribution in [2.45, 2.75) is 52.2 Å². The van der Waals surface area contributed by atoms with Crippen LogP contribution in [-0.2, 0) is 22.6 Å². The Morgan fingerprint density at radius 2 is 1.60 bits per heavy atom. The largest absolute Gasteiger partial charge is 0.497 e. The molecular formula is C24H32N2O4. The van der Waals surface area contributed by atoms with Crippen LogP contribution in [0.25, 0.3) is 0 Å². The highest BCUT2D eigenvalue weighted by Crippen LogP contribution is 2.18. The molecule has 0 aromatic heterocycles. The third-order valence-electron chi connectivity index (χ3n) is 4.67. The lowest BCUT2D eigenvalue weighted by molar-refractivity contribution is -0.140. The van der Waals surface area contributed by atoms with E-state index in [1.54, 1.807) is 26.0 Å². The Kier molecular flexibility index (Phi) is 7.86. The molecule has 0 radical (unpaired) electrons. The molecule has 2 rings (SSSR count). The molecule has 0 spiro atoms. The number of carbonyl (C=O) groups is 2. The van der Waals surface area contributed by atoms with Gasteiger partial charge in [-0.3, -0.25) is 9.59 Å². The molecule has 1 atom stereocenters. The minimum absolute atomic E-state index is 0.125. The van der Waals surface area contributed by atoms with Crippen molar-refractivity contribution in [2.24, 2.45) is 0 Å². The Morgan fingerprint density at radius 1 is 0.967 bits per heavy atom. The molecule has 2 amide bonds. The van der Waals surface area contributed by atoms with E-state index in [-0.39, 0.29) is 23.8 Å². The number of hydrogen-bond acceptors (Lipinski definition) is 4. The lowest BCUT2D eigenvalue weighted by Gasteiger charge is -2.31. The second-order valence-electron chi connectivity index (χ2n) is 8.31. The Bertz CT molecular complexity index is 856. The molecule has 2 aromatic rings. The van der Waals surface area contributed by atoms with Crippen LogP contribution in [0.4, 0.5) is 0 Å². The van der Waals surface area contributed by atoms with Crippen LogP contribution in [-0.4, -0.2) is 42.5 Å². The maximum absolute atomic E-state index is 13.2. The molecule has 0 saturated carbocycles. The summed E-state index contributed by atoms with van der Waals surface area (Å²) in [5.41, 5.74) is 1.37. The quantitative estimate of drug-likeness (QED) is 0.720. The summed E-state index contributed by atoms with van der Waals surface area (Å²) in [6, 6.07) is 14.3. The molecule has 0 heterocycles. The summed E-state index contributed by atoms with van der Waals surface area (Å²) in [4.78, 5) is 27.6. The molecule has 2 aromatic carbocycles. The van der Waals surface area contributed by atoms with Gasteiger partial charge < -0.3 is 19.7 Å². The minimum Gasteiger partial charge on any atom is -0.497 e. The van der Waals surface area contributed by atoms with Crippen molar-refractivity contribution in [1.29, 1.82) is 0 Å². The van der Waals surface area contributed by atoms with Gasteiger partial charge in [0.15, 0.2) is 0 Å². The van der Waals surface area contributed by atoms with Crippen LogP contribution in [0.2, 0.25) is 0 Å². The van der Waals surface area contributed by atoms with Crippen molar-refractivity contribution < 1.29 is 19.1 Å². The highest BCUT2D eigenvalue weighted by Gasteiger charge is 2.28. The Balaban J connectivity index is 2.25. The summed E-state index contributed by atoms with van der Waals surface area (Å²) >= 11 is 0. The lowest BCUT2D eigenvalue weighted by Crippen LogP contribution is -2.52. The molecule has 6 heteroatoms. The van der Waals surface area contributed by atoms with E-state index in [4.69, 9.17) is 9.47 Å². The van der Waals surface area contributed by atoms with E-state index in [9.17, 15) is 9.59 Å². The normalized spacial score (nSPS) is 12.1. The number of carbonyl (C=O) groups excluding carboxylic acids is 2. The molecule has 162 valence electrons. The van der Waals surface area contributed by atoms with E-state index in [1.165, 1.54) is 0 Å². The number of rotatable bonds is 8. The maximum Gasteiger partial charge on any atom is 0.242 e. The summed E-state index contributed by atoms with van der Waals surface area (Å²) < 4.78 is 10.5. The summed E-state index contributed by atoms with van der Waals surface area (Å²) in [7, 11) is 3.21. The summed E-state index contributed by atoms with van der Waals surface area (Å²) in [5, 5.41) is 2.97. The number of ether oxygens (including phenoxy) is 2. The zero-order chi connectivity index (χ0) is 22.3. The van der Waals surface area contributed by atoms with Crippen LogP contribution in [0.15, 0.2) is 48.5 Å². The number of nitrogens with zero attached hydrogens (tertiary/aromatic N) is 1. The molecule has 0 saturated heterocycles. The fourth-order valence-electron chi connectivity index (χ4n) is 3.04. The average molecular weight is 413 g/mol. The molecule has 1 N–H and O–H groups in total. The monoisotopic (exact) mass is 412 g/mol. The molecule has 1 unspecified atom stereocenters. The molecule has 0 aliphatic carbocycles. The highest BCUT2D eigenvalue weighted by molar-refractivity contribution is 5.88. The smallest absolute Gasteiger partial charge is 0.242 e. The average Bonchev–Trinajstić information content (AvgIpc) is 2.71. The Hall–Kier alpha value is -3.02. The molecular weight excluding hydrogens is 380 g/mol. The van der Waals surface area contributed by atoms with Gasteiger partial charge in [-0.05, 0) is 63.1 Å². The van der Waals surface area contributed by atoms with Crippen molar-refractivity contribution in [3.63, 3.8) is 0 Å². The number of hydrogen-bond donors (Lipinski definition) is 1. The van der Waals surface area contributed by atoms with Gasteiger partial charge >= 0.3 is 0 Å². The van der Waals surface area contributed by atoms with Crippen LogP contribution < -0.4 is 14.8 Å². The van der Waals surface area contributed by atoms with Crippen molar-refractivity contribution in [2.75, 3.05) is 14.2 Å². The van der Waals surface area contributed by atoms with Gasteiger partial charge in [-0.25, -0.2) is 0 Å². The molecule has 30 heavy (non-hydrogen) atoms. The summed E-state index contributed by atoms with van der Waals surface area (Å²) in [6.07, 6.45) is 0.196. The molecule has 0 bridgehead atoms. The standard InChI is InChI=1S/C24H32N2O4/c1-17(23(28)25-24(2,3)4)26(16-19-8-7-9-21(14-19)30-6)22(27)15-18-10-12-20(29-5)13-11-18/h7-14,17H,15-16H2,1-6H3,(H,25,28). The topological polar surface area (TPSA) is 67.9 Å². The minimum atomic E-state index is -0.624. The molecule has 0 aliphatic heterocycles. The number of nitrogens with one attached hydrogen (secondary N) is 1. The first-order chi connectivity index (χ1) is 14.1. The first-order valence-corrected chi connectivity index (χ1v) is 10.0. The zero-order valence-electron chi connectivity index (χ0n) is 18.7. The number of amides is 2. The number of benzene rings is 2. The second kappa shape index (κ2) is 10.1. The third kappa shape index (κ3) is 6.79. The van der Waals surface area contributed by atoms with E-state index in [2.05, 4.69) is 5.32 Å². The van der Waals surface area contributed by atoms with Crippen LogP contribution in [0, 0.1) is 0 Å². The van der Waals surface area contributed by atoms with Gasteiger partial charge in [0.2, 0.25) is 11.8 Å². The zero-order valence-corrected chi connectivity index (χ0v) is 18.7. The van der Waals surface area contributed by atoms with Crippen molar-refractivity contribution in [3.05, 3.63) is 59.7 Å². The summed E-state index contributed by atoms with van der Waals surface area (Å²) in [6.45, 7) is 7.83. The fourth-order valence-corrected chi connectivity index (χ4v) is 3.04. The van der Waals surface area contributed by atoms with Gasteiger partial charge in [0.1, 0.15) is 17.5 Å². The van der Waals surface area contributed by atoms with E-state index in [1.807, 2.05) is 69.3 Å². The second-order valence-corrected chi connectivity index (χ2v) is 8.31. The van der Waals surface area contributed by atoms with Crippen molar-refractivity contribution in [3.8, 4) is 11.5 Å². The van der Waals surface area contributed by atoms with Crippen LogP contribution in [0.5, 0.6) is 11.5 Å². The van der Waals surface area contributed by atoms with Gasteiger partial charge in [-0.1, -0.05) is 24.3 Å². The maximum atomic E-state index is 13.2. The van der Waals surface area contributed by atoms with Gasteiger partial charge in [0, 0.05) is 12.1 Å². The first-order valence-electron chi connectivity index (χ1n) is 10.0. The first kappa shape index (κ1) is 23.3. The van der Waals surface area contributed by atoms with Gasteiger partial charge in [0.25, 0.3) is 0 Å². The van der Waals surface area contributed by atoms with E-state index >= 15 is 0 Å². The summed E-state index contributed by atoms with van der Waals surface area (Å²) in [5.74, 6) is 1.13. The van der Waals surface area contributed by atoms with Crippen molar-refractivity contribution in [1.82, 2.24) is 10.2 Å². The highest BCUT2D eigenvalue weighted by atomic mass is 16.5. The number of methoxy groups -OCH3 is 2. The Morgan fingerprint density at radius 3 is 2.17 bits per heavy atom. The SMILES string of the molecule is COc1ccc(CC(=O)N(Cc2cccc(OC)c2)C(C)C(=O)NC(C)(C)C)cc1. The molecule has 0 aliphatic rings. The van der Waals surface area contributed by atoms with Gasteiger partial charge in [-0.2, -0.15) is 0 Å². The lowest BCUT2D eigenvalue weighted by atomic mass is 10.1. The third-order valence-corrected chi connectivity index (χ3v) is 4.67. The van der Waals surface area contributed by atoms with E-state index in [0.717, 1.165) is 16.9 Å². The molecule has 6 nitrogen and oxygen atoms in total. The van der Waals surface area contributed by atoms with E-state index < -0.39 is 6.04 Å². The van der Waals surface area contributed by atoms with Gasteiger partial charge in [0.05, 0.1) is 20.6 Å². The van der Waals surface area contributed by atoms with Gasteiger partial charge in [-0.15, -0.1) is 0 Å². The molecule has 0 fully saturated rings. The predicted molar refractivity (Wildman–Crippen MR) is 118 cm³/mol.